The van der Waals surface area contributed by atoms with E-state index in [0.29, 0.717) is 5.69 Å². The maximum absolute atomic E-state index is 13.3. The van der Waals surface area contributed by atoms with E-state index in [0.717, 1.165) is 23.8 Å². The van der Waals surface area contributed by atoms with Crippen LogP contribution in [0.25, 0.3) is 0 Å². The third-order valence-corrected chi connectivity index (χ3v) is 4.16. The Balaban J connectivity index is 2.38. The lowest BCUT2D eigenvalue weighted by Gasteiger charge is -2.09. The van der Waals surface area contributed by atoms with E-state index in [2.05, 4.69) is 4.72 Å². The van der Waals surface area contributed by atoms with E-state index in [4.69, 9.17) is 5.11 Å². The highest BCUT2D eigenvalue weighted by atomic mass is 32.2. The second-order valence-electron chi connectivity index (χ2n) is 4.42. The highest BCUT2D eigenvalue weighted by Gasteiger charge is 2.19. The number of hydrogen-bond donors (Lipinski definition) is 2. The summed E-state index contributed by atoms with van der Waals surface area (Å²) in [6.07, 6.45) is 0. The zero-order chi connectivity index (χ0) is 15.6. The molecule has 21 heavy (non-hydrogen) atoms. The van der Waals surface area contributed by atoms with Crippen LogP contribution in [0, 0.1) is 12.7 Å². The third-order valence-electron chi connectivity index (χ3n) is 2.78. The molecule has 0 spiro atoms. The molecule has 0 heterocycles. The van der Waals surface area contributed by atoms with E-state index in [1.807, 2.05) is 6.92 Å². The zero-order valence-electron chi connectivity index (χ0n) is 11.0. The van der Waals surface area contributed by atoms with Crippen molar-refractivity contribution in [2.24, 2.45) is 0 Å². The number of aryl methyl sites for hydroxylation is 1. The van der Waals surface area contributed by atoms with Gasteiger partial charge in [-0.2, -0.15) is 0 Å². The summed E-state index contributed by atoms with van der Waals surface area (Å²) >= 11 is 0. The highest BCUT2D eigenvalue weighted by molar-refractivity contribution is 7.92. The van der Waals surface area contributed by atoms with Gasteiger partial charge in [0.2, 0.25) is 0 Å². The minimum atomic E-state index is -3.98. The second kappa shape index (κ2) is 5.53. The molecular weight excluding hydrogens is 297 g/mol. The lowest BCUT2D eigenvalue weighted by molar-refractivity contribution is 0.0691. The molecule has 0 aliphatic carbocycles. The number of carboxylic acids is 1. The lowest BCUT2D eigenvalue weighted by atomic mass is 10.2. The molecular formula is C14H12FNO4S. The van der Waals surface area contributed by atoms with Crippen molar-refractivity contribution in [3.63, 3.8) is 0 Å². The third kappa shape index (κ3) is 3.38. The Morgan fingerprint density at radius 2 is 1.76 bits per heavy atom. The number of hydrogen-bond acceptors (Lipinski definition) is 3. The summed E-state index contributed by atoms with van der Waals surface area (Å²) in [6, 6.07) is 9.22. The van der Waals surface area contributed by atoms with Crippen molar-refractivity contribution in [3.05, 3.63) is 59.4 Å². The van der Waals surface area contributed by atoms with Crippen molar-refractivity contribution in [2.75, 3.05) is 4.72 Å². The maximum atomic E-state index is 13.3. The second-order valence-corrected chi connectivity index (χ2v) is 6.10. The topological polar surface area (TPSA) is 83.5 Å². The molecule has 0 radical (unpaired) electrons. The number of carbonyl (C=O) groups is 1. The molecule has 7 heteroatoms. The van der Waals surface area contributed by atoms with Crippen molar-refractivity contribution in [1.29, 1.82) is 0 Å². The van der Waals surface area contributed by atoms with Crippen molar-refractivity contribution in [3.8, 4) is 0 Å². The number of nitrogens with one attached hydrogen (secondary N) is 1. The van der Waals surface area contributed by atoms with Crippen molar-refractivity contribution >= 4 is 21.7 Å². The van der Waals surface area contributed by atoms with Gasteiger partial charge in [0.1, 0.15) is 5.82 Å². The van der Waals surface area contributed by atoms with Crippen LogP contribution in [0.4, 0.5) is 10.1 Å². The average Bonchev–Trinajstić information content (AvgIpc) is 2.41. The van der Waals surface area contributed by atoms with E-state index in [9.17, 15) is 17.6 Å². The number of aromatic carboxylic acids is 1. The molecule has 0 unspecified atom stereocenters. The van der Waals surface area contributed by atoms with Crippen LogP contribution in [-0.2, 0) is 10.0 Å². The van der Waals surface area contributed by atoms with Crippen LogP contribution in [0.2, 0.25) is 0 Å². The van der Waals surface area contributed by atoms with Crippen LogP contribution in [0.5, 0.6) is 0 Å². The van der Waals surface area contributed by atoms with Gasteiger partial charge >= 0.3 is 5.97 Å². The molecule has 0 saturated carbocycles. The Kier molecular flexibility index (Phi) is 3.95. The quantitative estimate of drug-likeness (QED) is 0.909. The predicted molar refractivity (Wildman–Crippen MR) is 75.3 cm³/mol. The molecule has 0 aromatic heterocycles. The Labute approximate surface area is 121 Å². The van der Waals surface area contributed by atoms with Crippen LogP contribution >= 0.6 is 0 Å². The lowest BCUT2D eigenvalue weighted by Crippen LogP contribution is -2.14. The molecule has 0 fully saturated rings. The number of benzene rings is 2. The summed E-state index contributed by atoms with van der Waals surface area (Å²) in [5.41, 5.74) is 0.608. The van der Waals surface area contributed by atoms with Gasteiger partial charge in [0.15, 0.2) is 0 Å². The van der Waals surface area contributed by atoms with Gasteiger partial charge in [-0.1, -0.05) is 17.7 Å². The monoisotopic (exact) mass is 309 g/mol. The first kappa shape index (κ1) is 15.0. The zero-order valence-corrected chi connectivity index (χ0v) is 11.8. The molecule has 0 amide bonds. The summed E-state index contributed by atoms with van der Waals surface area (Å²) in [5.74, 6) is -2.52. The first-order valence-electron chi connectivity index (χ1n) is 5.92. The highest BCUT2D eigenvalue weighted by Crippen LogP contribution is 2.19. The van der Waals surface area contributed by atoms with E-state index >= 15 is 0 Å². The summed E-state index contributed by atoms with van der Waals surface area (Å²) < 4.78 is 39.9. The van der Waals surface area contributed by atoms with E-state index < -0.39 is 27.4 Å². The van der Waals surface area contributed by atoms with Crippen molar-refractivity contribution < 1.29 is 22.7 Å². The summed E-state index contributed by atoms with van der Waals surface area (Å²) in [7, 11) is -3.98. The molecule has 2 aromatic carbocycles. The van der Waals surface area contributed by atoms with Gasteiger partial charge in [-0.15, -0.1) is 0 Å². The van der Waals surface area contributed by atoms with Gasteiger partial charge in [-0.3, -0.25) is 4.72 Å². The van der Waals surface area contributed by atoms with Gasteiger partial charge in [-0.25, -0.2) is 17.6 Å². The Morgan fingerprint density at radius 3 is 2.33 bits per heavy atom. The van der Waals surface area contributed by atoms with Gasteiger partial charge in [0.25, 0.3) is 10.0 Å². The Bertz CT molecular complexity index is 785. The largest absolute Gasteiger partial charge is 0.478 e. The molecule has 0 saturated heterocycles. The van der Waals surface area contributed by atoms with Crippen LogP contribution in [0.3, 0.4) is 0 Å². The molecule has 0 atom stereocenters. The maximum Gasteiger partial charge on any atom is 0.338 e. The van der Waals surface area contributed by atoms with Crippen LogP contribution in [0.15, 0.2) is 47.4 Å². The number of halogens is 1. The minimum absolute atomic E-state index is 0.318. The molecule has 2 aromatic rings. The summed E-state index contributed by atoms with van der Waals surface area (Å²) in [6.45, 7) is 1.86. The fourth-order valence-electron chi connectivity index (χ4n) is 1.67. The number of carboxylic acid groups (broad SMARTS) is 1. The number of sulfonamides is 1. The van der Waals surface area contributed by atoms with Crippen LogP contribution in [-0.4, -0.2) is 19.5 Å². The smallest absolute Gasteiger partial charge is 0.338 e. The molecule has 110 valence electrons. The Hall–Kier alpha value is -2.41. The Morgan fingerprint density at radius 1 is 1.14 bits per heavy atom. The fourth-order valence-corrected chi connectivity index (χ4v) is 2.76. The summed E-state index contributed by atoms with van der Waals surface area (Å²) in [4.78, 5) is 10.5. The first-order valence-corrected chi connectivity index (χ1v) is 7.40. The van der Waals surface area contributed by atoms with Crippen LogP contribution in [0.1, 0.15) is 15.9 Å². The SMILES string of the molecule is Cc1ccc(NS(=O)(=O)c2ccc(F)c(C(=O)O)c2)cc1. The van der Waals surface area contributed by atoms with E-state index in [1.165, 1.54) is 0 Å². The number of rotatable bonds is 4. The van der Waals surface area contributed by atoms with Crippen molar-refractivity contribution in [1.82, 2.24) is 0 Å². The first-order chi connectivity index (χ1) is 9.79. The predicted octanol–water partition coefficient (Wildman–Crippen LogP) is 2.63. The van der Waals surface area contributed by atoms with Gasteiger partial charge in [-0.05, 0) is 37.3 Å². The molecule has 0 aliphatic rings. The molecule has 2 rings (SSSR count). The standard InChI is InChI=1S/C14H12FNO4S/c1-9-2-4-10(5-3-9)16-21(19,20)11-6-7-13(15)12(8-11)14(17)18/h2-8,16H,1H3,(H,17,18). The molecule has 2 N–H and O–H groups in total. The van der Waals surface area contributed by atoms with E-state index in [-0.39, 0.29) is 4.90 Å². The summed E-state index contributed by atoms with van der Waals surface area (Å²) in [5, 5.41) is 8.82. The van der Waals surface area contributed by atoms with Crippen LogP contribution < -0.4 is 4.72 Å². The van der Waals surface area contributed by atoms with Gasteiger partial charge in [0.05, 0.1) is 10.5 Å². The van der Waals surface area contributed by atoms with Gasteiger partial charge < -0.3 is 5.11 Å². The fraction of sp³-hybridized carbons (Fsp3) is 0.0714. The minimum Gasteiger partial charge on any atom is -0.478 e. The van der Waals surface area contributed by atoms with E-state index in [1.54, 1.807) is 24.3 Å². The van der Waals surface area contributed by atoms with Gasteiger partial charge in [0, 0.05) is 5.69 Å². The normalized spacial score (nSPS) is 11.1. The molecule has 5 nitrogen and oxygen atoms in total. The number of anilines is 1. The molecule has 0 bridgehead atoms. The average molecular weight is 309 g/mol. The van der Waals surface area contributed by atoms with Crippen molar-refractivity contribution in [2.45, 2.75) is 11.8 Å². The molecule has 0 aliphatic heterocycles.